The van der Waals surface area contributed by atoms with Crippen molar-refractivity contribution < 1.29 is 14.3 Å². The molecule has 0 aliphatic heterocycles. The first-order valence-electron chi connectivity index (χ1n) is 4.79. The number of ether oxygens (including phenoxy) is 1. The lowest BCUT2D eigenvalue weighted by molar-refractivity contribution is -0.147. The third-order valence-corrected chi connectivity index (χ3v) is 1.79. The van der Waals surface area contributed by atoms with Crippen LogP contribution < -0.4 is 0 Å². The Balaban J connectivity index is 3.93. The Labute approximate surface area is 79.5 Å². The van der Waals surface area contributed by atoms with Gasteiger partial charge in [0.2, 0.25) is 0 Å². The highest BCUT2D eigenvalue weighted by molar-refractivity contribution is 5.79. The lowest BCUT2D eigenvalue weighted by Crippen LogP contribution is -2.19. The van der Waals surface area contributed by atoms with Crippen LogP contribution in [0.25, 0.3) is 0 Å². The SMILES string of the molecule is CCCC(CC(=O)CC)OC(C)=O. The fourth-order valence-electron chi connectivity index (χ4n) is 1.16. The lowest BCUT2D eigenvalue weighted by atomic mass is 10.1. The molecule has 0 radical (unpaired) electrons. The smallest absolute Gasteiger partial charge is 0.302 e. The summed E-state index contributed by atoms with van der Waals surface area (Å²) < 4.78 is 5.00. The van der Waals surface area contributed by atoms with Gasteiger partial charge < -0.3 is 4.74 Å². The van der Waals surface area contributed by atoms with Gasteiger partial charge in [-0.3, -0.25) is 9.59 Å². The Bertz CT molecular complexity index is 175. The molecular formula is C10H18O3. The minimum atomic E-state index is -0.303. The Morgan fingerprint density at radius 3 is 2.31 bits per heavy atom. The van der Waals surface area contributed by atoms with E-state index in [0.29, 0.717) is 12.8 Å². The molecule has 0 aliphatic rings. The van der Waals surface area contributed by atoms with E-state index in [1.165, 1.54) is 6.92 Å². The summed E-state index contributed by atoms with van der Waals surface area (Å²) in [7, 11) is 0. The van der Waals surface area contributed by atoms with E-state index < -0.39 is 0 Å². The number of carbonyl (C=O) groups excluding carboxylic acids is 2. The fraction of sp³-hybridized carbons (Fsp3) is 0.800. The van der Waals surface area contributed by atoms with Crippen LogP contribution >= 0.6 is 0 Å². The van der Waals surface area contributed by atoms with Gasteiger partial charge in [-0.2, -0.15) is 0 Å². The third-order valence-electron chi connectivity index (χ3n) is 1.79. The van der Waals surface area contributed by atoms with Crippen LogP contribution in [-0.4, -0.2) is 17.9 Å². The molecule has 13 heavy (non-hydrogen) atoms. The summed E-state index contributed by atoms with van der Waals surface area (Å²) >= 11 is 0. The molecule has 0 amide bonds. The van der Waals surface area contributed by atoms with Gasteiger partial charge in [0.15, 0.2) is 0 Å². The highest BCUT2D eigenvalue weighted by Gasteiger charge is 2.14. The highest BCUT2D eigenvalue weighted by atomic mass is 16.5. The molecule has 1 unspecified atom stereocenters. The van der Waals surface area contributed by atoms with Crippen LogP contribution in [0.2, 0.25) is 0 Å². The first kappa shape index (κ1) is 12.1. The van der Waals surface area contributed by atoms with Crippen LogP contribution in [0.3, 0.4) is 0 Å². The van der Waals surface area contributed by atoms with E-state index in [1.54, 1.807) is 0 Å². The molecule has 0 bridgehead atoms. The van der Waals surface area contributed by atoms with Crippen molar-refractivity contribution in [2.24, 2.45) is 0 Å². The maximum Gasteiger partial charge on any atom is 0.302 e. The number of hydrogen-bond acceptors (Lipinski definition) is 3. The quantitative estimate of drug-likeness (QED) is 0.596. The normalized spacial score (nSPS) is 12.2. The first-order valence-corrected chi connectivity index (χ1v) is 4.79. The molecule has 0 spiro atoms. The summed E-state index contributed by atoms with van der Waals surface area (Å²) in [5.74, 6) is -0.151. The van der Waals surface area contributed by atoms with E-state index in [1.807, 2.05) is 13.8 Å². The minimum absolute atomic E-state index is 0.153. The molecule has 0 N–H and O–H groups in total. The molecule has 0 rings (SSSR count). The van der Waals surface area contributed by atoms with Gasteiger partial charge in [-0.1, -0.05) is 20.3 Å². The summed E-state index contributed by atoms with van der Waals surface area (Å²) in [6.07, 6.45) is 2.36. The second-order valence-electron chi connectivity index (χ2n) is 3.12. The van der Waals surface area contributed by atoms with Gasteiger partial charge in [0.1, 0.15) is 11.9 Å². The zero-order valence-electron chi connectivity index (χ0n) is 8.63. The van der Waals surface area contributed by atoms with E-state index >= 15 is 0 Å². The highest BCUT2D eigenvalue weighted by Crippen LogP contribution is 2.08. The molecule has 0 aromatic rings. The van der Waals surface area contributed by atoms with Crippen molar-refractivity contribution in [2.45, 2.75) is 52.6 Å². The van der Waals surface area contributed by atoms with Crippen LogP contribution in [0.5, 0.6) is 0 Å². The number of carbonyl (C=O) groups is 2. The minimum Gasteiger partial charge on any atom is -0.462 e. The molecule has 76 valence electrons. The topological polar surface area (TPSA) is 43.4 Å². The maximum absolute atomic E-state index is 11.1. The van der Waals surface area contributed by atoms with Crippen molar-refractivity contribution in [3.8, 4) is 0 Å². The Kier molecular flexibility index (Phi) is 6.20. The van der Waals surface area contributed by atoms with Crippen molar-refractivity contribution in [3.63, 3.8) is 0 Å². The number of esters is 1. The Hall–Kier alpha value is -0.860. The van der Waals surface area contributed by atoms with Crippen molar-refractivity contribution in [3.05, 3.63) is 0 Å². The van der Waals surface area contributed by atoms with Gasteiger partial charge in [0.05, 0.1) is 0 Å². The van der Waals surface area contributed by atoms with E-state index in [4.69, 9.17) is 4.74 Å². The van der Waals surface area contributed by atoms with Crippen LogP contribution in [0.1, 0.15) is 46.5 Å². The summed E-state index contributed by atoms with van der Waals surface area (Å²) in [5, 5.41) is 0. The van der Waals surface area contributed by atoms with E-state index in [9.17, 15) is 9.59 Å². The van der Waals surface area contributed by atoms with Crippen molar-refractivity contribution in [1.29, 1.82) is 0 Å². The molecule has 1 atom stereocenters. The average molecular weight is 186 g/mol. The van der Waals surface area contributed by atoms with E-state index in [2.05, 4.69) is 0 Å². The number of hydrogen-bond donors (Lipinski definition) is 0. The molecular weight excluding hydrogens is 168 g/mol. The third kappa shape index (κ3) is 6.31. The van der Waals surface area contributed by atoms with Gasteiger partial charge in [-0.15, -0.1) is 0 Å². The van der Waals surface area contributed by atoms with Crippen molar-refractivity contribution in [1.82, 2.24) is 0 Å². The first-order chi connectivity index (χ1) is 6.10. The van der Waals surface area contributed by atoms with Gasteiger partial charge in [0.25, 0.3) is 0 Å². The van der Waals surface area contributed by atoms with Crippen LogP contribution in [0.15, 0.2) is 0 Å². The largest absolute Gasteiger partial charge is 0.462 e. The van der Waals surface area contributed by atoms with Gasteiger partial charge in [-0.25, -0.2) is 0 Å². The second kappa shape index (κ2) is 6.63. The van der Waals surface area contributed by atoms with E-state index in [0.717, 1.165) is 12.8 Å². The van der Waals surface area contributed by atoms with E-state index in [-0.39, 0.29) is 17.9 Å². The average Bonchev–Trinajstić information content (AvgIpc) is 2.03. The van der Waals surface area contributed by atoms with Gasteiger partial charge in [-0.05, 0) is 6.42 Å². The maximum atomic E-state index is 11.1. The van der Waals surface area contributed by atoms with Crippen molar-refractivity contribution >= 4 is 11.8 Å². The predicted molar refractivity (Wildman–Crippen MR) is 50.4 cm³/mol. The summed E-state index contributed by atoms with van der Waals surface area (Å²) in [6, 6.07) is 0. The molecule has 0 aromatic carbocycles. The van der Waals surface area contributed by atoms with Gasteiger partial charge >= 0.3 is 5.97 Å². The number of ketones is 1. The summed E-state index contributed by atoms with van der Waals surface area (Å²) in [5.41, 5.74) is 0. The number of Topliss-reactive ketones (excluding diaryl/α,β-unsaturated/α-hetero) is 1. The molecule has 0 aromatic heterocycles. The second-order valence-corrected chi connectivity index (χ2v) is 3.12. The van der Waals surface area contributed by atoms with Crippen LogP contribution in [0.4, 0.5) is 0 Å². The van der Waals surface area contributed by atoms with Gasteiger partial charge in [0, 0.05) is 19.8 Å². The standard InChI is InChI=1S/C10H18O3/c1-4-6-10(13-8(3)11)7-9(12)5-2/h10H,4-7H2,1-3H3. The summed E-state index contributed by atoms with van der Waals surface area (Å²) in [6.45, 7) is 5.20. The number of rotatable bonds is 6. The molecule has 0 aliphatic carbocycles. The molecule has 0 saturated heterocycles. The van der Waals surface area contributed by atoms with Crippen LogP contribution in [-0.2, 0) is 14.3 Å². The molecule has 3 nitrogen and oxygen atoms in total. The molecule has 3 heteroatoms. The fourth-order valence-corrected chi connectivity index (χ4v) is 1.16. The van der Waals surface area contributed by atoms with Crippen LogP contribution in [0, 0.1) is 0 Å². The molecule has 0 fully saturated rings. The predicted octanol–water partition coefficient (Wildman–Crippen LogP) is 2.09. The monoisotopic (exact) mass is 186 g/mol. The zero-order valence-corrected chi connectivity index (χ0v) is 8.63. The Morgan fingerprint density at radius 1 is 1.31 bits per heavy atom. The summed E-state index contributed by atoms with van der Waals surface area (Å²) in [4.78, 5) is 21.8. The van der Waals surface area contributed by atoms with Crippen molar-refractivity contribution in [2.75, 3.05) is 0 Å². The Morgan fingerprint density at radius 2 is 1.92 bits per heavy atom. The zero-order chi connectivity index (χ0) is 10.3. The lowest BCUT2D eigenvalue weighted by Gasteiger charge is -2.14. The molecule has 0 saturated carbocycles. The molecule has 0 heterocycles.